The van der Waals surface area contributed by atoms with E-state index in [4.69, 9.17) is 20.9 Å². The number of hydrogen-bond acceptors (Lipinski definition) is 4. The second-order valence-electron chi connectivity index (χ2n) is 4.20. The second-order valence-corrected chi connectivity index (χ2v) is 4.20. The van der Waals surface area contributed by atoms with Gasteiger partial charge in [-0.05, 0) is 17.7 Å². The van der Waals surface area contributed by atoms with Crippen LogP contribution in [0, 0.1) is 0 Å². The van der Waals surface area contributed by atoms with Crippen molar-refractivity contribution in [3.8, 4) is 11.5 Å². The van der Waals surface area contributed by atoms with Crippen LogP contribution in [0.25, 0.3) is 6.08 Å². The molecule has 0 fully saturated rings. The van der Waals surface area contributed by atoms with Gasteiger partial charge in [-0.25, -0.2) is 0 Å². The fraction of sp³-hybridized carbons (Fsp3) is 0.250. The zero-order valence-electron chi connectivity index (χ0n) is 12.8. The largest absolute Gasteiger partial charge is 0.493 e. The lowest BCUT2D eigenvalue weighted by Crippen LogP contribution is -2.00. The Morgan fingerprint density at radius 1 is 1.09 bits per heavy atom. The number of methoxy groups -OCH3 is 2. The molecule has 1 atom stereocenters. The summed E-state index contributed by atoms with van der Waals surface area (Å²) in [5.74, 6) is 1.37. The van der Waals surface area contributed by atoms with E-state index in [2.05, 4.69) is 9.98 Å². The van der Waals surface area contributed by atoms with Crippen molar-refractivity contribution in [1.29, 1.82) is 0 Å². The van der Waals surface area contributed by atoms with Crippen LogP contribution in [-0.2, 0) is 0 Å². The van der Waals surface area contributed by atoms with Gasteiger partial charge < -0.3 is 20.9 Å². The standard InChI is InChI=1S/C16H22N4O2/c1-21-15-8-6-13(10-16(15)22-2)5-7-14(20-12-18)4-3-9-19-11-17/h3-8,10-12,14H,9H2,1-2H3,(H2,17,19)(H2,18,20)/t14-/m1/s1. The van der Waals surface area contributed by atoms with E-state index in [-0.39, 0.29) is 6.04 Å². The molecule has 0 saturated carbocycles. The highest BCUT2D eigenvalue weighted by atomic mass is 16.5. The summed E-state index contributed by atoms with van der Waals surface area (Å²) in [7, 11) is 3.21. The first-order valence-corrected chi connectivity index (χ1v) is 6.75. The highest BCUT2D eigenvalue weighted by Crippen LogP contribution is 2.28. The number of nitrogens with zero attached hydrogens (tertiary/aromatic N) is 2. The van der Waals surface area contributed by atoms with Crippen LogP contribution in [0.5, 0.6) is 11.5 Å². The van der Waals surface area contributed by atoms with Crippen LogP contribution >= 0.6 is 0 Å². The molecule has 0 spiro atoms. The first-order valence-electron chi connectivity index (χ1n) is 6.75. The van der Waals surface area contributed by atoms with Crippen molar-refractivity contribution in [2.24, 2.45) is 21.5 Å². The lowest BCUT2D eigenvalue weighted by molar-refractivity contribution is 0.355. The van der Waals surface area contributed by atoms with Gasteiger partial charge in [0, 0.05) is 0 Å². The van der Waals surface area contributed by atoms with Crippen LogP contribution in [0.15, 0.2) is 46.4 Å². The molecule has 22 heavy (non-hydrogen) atoms. The maximum absolute atomic E-state index is 5.37. The molecule has 6 nitrogen and oxygen atoms in total. The average molecular weight is 302 g/mol. The Hall–Kier alpha value is -2.76. The van der Waals surface area contributed by atoms with Crippen molar-refractivity contribution in [1.82, 2.24) is 0 Å². The summed E-state index contributed by atoms with van der Waals surface area (Å²) in [6, 6.07) is 5.52. The van der Waals surface area contributed by atoms with Crippen molar-refractivity contribution >= 4 is 18.8 Å². The van der Waals surface area contributed by atoms with Crippen molar-refractivity contribution < 1.29 is 9.47 Å². The Morgan fingerprint density at radius 3 is 2.50 bits per heavy atom. The minimum Gasteiger partial charge on any atom is -0.493 e. The maximum atomic E-state index is 5.37. The monoisotopic (exact) mass is 302 g/mol. The Kier molecular flexibility index (Phi) is 7.89. The third kappa shape index (κ3) is 5.70. The lowest BCUT2D eigenvalue weighted by atomic mass is 10.1. The van der Waals surface area contributed by atoms with E-state index >= 15 is 0 Å². The predicted molar refractivity (Wildman–Crippen MR) is 91.7 cm³/mol. The van der Waals surface area contributed by atoms with Gasteiger partial charge in [-0.1, -0.05) is 30.4 Å². The Bertz CT molecular complexity index is 565. The van der Waals surface area contributed by atoms with Crippen LogP contribution in [0.4, 0.5) is 0 Å². The molecule has 0 aliphatic rings. The van der Waals surface area contributed by atoms with Gasteiger partial charge in [0.15, 0.2) is 11.5 Å². The summed E-state index contributed by atoms with van der Waals surface area (Å²) >= 11 is 0. The highest BCUT2D eigenvalue weighted by Gasteiger charge is 2.03. The molecule has 118 valence electrons. The maximum Gasteiger partial charge on any atom is 0.161 e. The zero-order chi connectivity index (χ0) is 16.2. The van der Waals surface area contributed by atoms with Gasteiger partial charge >= 0.3 is 0 Å². The van der Waals surface area contributed by atoms with Crippen LogP contribution in [0.1, 0.15) is 5.56 Å². The molecule has 1 aromatic carbocycles. The van der Waals surface area contributed by atoms with E-state index in [1.54, 1.807) is 14.2 Å². The molecule has 1 rings (SSSR count). The van der Waals surface area contributed by atoms with E-state index < -0.39 is 0 Å². The van der Waals surface area contributed by atoms with Crippen molar-refractivity contribution in [2.45, 2.75) is 6.04 Å². The highest BCUT2D eigenvalue weighted by molar-refractivity contribution is 5.58. The Labute approximate surface area is 130 Å². The molecule has 0 aromatic heterocycles. The molecule has 0 aliphatic carbocycles. The van der Waals surface area contributed by atoms with Crippen molar-refractivity contribution in [2.75, 3.05) is 20.8 Å². The van der Waals surface area contributed by atoms with Gasteiger partial charge in [0.25, 0.3) is 0 Å². The van der Waals surface area contributed by atoms with Gasteiger partial charge in [0.05, 0.1) is 39.5 Å². The zero-order valence-corrected chi connectivity index (χ0v) is 12.8. The number of hydrogen-bond donors (Lipinski definition) is 2. The van der Waals surface area contributed by atoms with E-state index in [0.29, 0.717) is 18.0 Å². The summed E-state index contributed by atoms with van der Waals surface area (Å²) in [5, 5.41) is 0. The number of rotatable bonds is 8. The molecule has 0 unspecified atom stereocenters. The summed E-state index contributed by atoms with van der Waals surface area (Å²) in [6.45, 7) is 0.511. The van der Waals surface area contributed by atoms with Crippen molar-refractivity contribution in [3.63, 3.8) is 0 Å². The smallest absolute Gasteiger partial charge is 0.161 e. The van der Waals surface area contributed by atoms with Gasteiger partial charge in [0.2, 0.25) is 0 Å². The van der Waals surface area contributed by atoms with Gasteiger partial charge in [-0.2, -0.15) is 0 Å². The molecule has 0 heterocycles. The second kappa shape index (κ2) is 10.0. The molecule has 0 aliphatic heterocycles. The third-order valence-electron chi connectivity index (χ3n) is 2.80. The first-order chi connectivity index (χ1) is 10.7. The molecular formula is C16H22N4O2. The Balaban J connectivity index is 2.84. The summed E-state index contributed by atoms with van der Waals surface area (Å²) in [6.07, 6.45) is 10.2. The third-order valence-corrected chi connectivity index (χ3v) is 2.80. The molecule has 6 heteroatoms. The number of nitrogens with two attached hydrogens (primary N) is 2. The van der Waals surface area contributed by atoms with Gasteiger partial charge in [-0.15, -0.1) is 0 Å². The fourth-order valence-electron chi connectivity index (χ4n) is 1.75. The Morgan fingerprint density at radius 2 is 1.86 bits per heavy atom. The van der Waals surface area contributed by atoms with E-state index in [0.717, 1.165) is 5.56 Å². The molecule has 0 bridgehead atoms. The molecular weight excluding hydrogens is 280 g/mol. The first kappa shape index (κ1) is 17.3. The number of aliphatic imine (C=N–C) groups is 2. The SMILES string of the molecule is COc1ccc(C=C[C@@H](C=CCN=CN)N=CN)cc1OC. The summed E-state index contributed by atoms with van der Waals surface area (Å²) in [5.41, 5.74) is 11.5. The minimum atomic E-state index is -0.161. The van der Waals surface area contributed by atoms with Crippen LogP contribution in [0.3, 0.4) is 0 Å². The lowest BCUT2D eigenvalue weighted by Gasteiger charge is -2.08. The normalized spacial score (nSPS) is 13.5. The average Bonchev–Trinajstić information content (AvgIpc) is 2.56. The molecule has 0 radical (unpaired) electrons. The molecule has 0 amide bonds. The van der Waals surface area contributed by atoms with E-state index in [1.807, 2.05) is 42.5 Å². The van der Waals surface area contributed by atoms with Crippen molar-refractivity contribution in [3.05, 3.63) is 42.0 Å². The molecule has 1 aromatic rings. The molecule has 0 saturated heterocycles. The number of ether oxygens (including phenoxy) is 2. The van der Waals surface area contributed by atoms with Gasteiger partial charge in [-0.3, -0.25) is 9.98 Å². The predicted octanol–water partition coefficient (Wildman–Crippen LogP) is 1.62. The quantitative estimate of drug-likeness (QED) is 0.433. The summed E-state index contributed by atoms with van der Waals surface area (Å²) < 4.78 is 10.5. The van der Waals surface area contributed by atoms with Crippen LogP contribution in [0.2, 0.25) is 0 Å². The van der Waals surface area contributed by atoms with Crippen LogP contribution < -0.4 is 20.9 Å². The fourth-order valence-corrected chi connectivity index (χ4v) is 1.75. The minimum absolute atomic E-state index is 0.161. The van der Waals surface area contributed by atoms with Crippen LogP contribution in [-0.4, -0.2) is 39.5 Å². The molecule has 4 N–H and O–H groups in total. The van der Waals surface area contributed by atoms with E-state index in [1.165, 1.54) is 12.7 Å². The topological polar surface area (TPSA) is 95.2 Å². The summed E-state index contributed by atoms with van der Waals surface area (Å²) in [4.78, 5) is 8.05. The van der Waals surface area contributed by atoms with E-state index in [9.17, 15) is 0 Å². The number of benzene rings is 1. The van der Waals surface area contributed by atoms with Gasteiger partial charge in [0.1, 0.15) is 0 Å².